The van der Waals surface area contributed by atoms with Gasteiger partial charge < -0.3 is 25.2 Å². The smallest absolute Gasteiger partial charge is 0.408 e. The first kappa shape index (κ1) is 22.4. The van der Waals surface area contributed by atoms with Crippen LogP contribution in [0.4, 0.5) is 4.79 Å². The van der Waals surface area contributed by atoms with Gasteiger partial charge in [-0.3, -0.25) is 9.59 Å². The number of alkyl carbamates (subject to hydrolysis) is 1. The predicted molar refractivity (Wildman–Crippen MR) is 123 cm³/mol. The van der Waals surface area contributed by atoms with Gasteiger partial charge in [0.1, 0.15) is 12.1 Å². The number of benzene rings is 2. The van der Waals surface area contributed by atoms with Gasteiger partial charge in [0.15, 0.2) is 0 Å². The Hall–Kier alpha value is -3.39. The first-order valence-corrected chi connectivity index (χ1v) is 11.7. The van der Waals surface area contributed by atoms with Gasteiger partial charge in [-0.1, -0.05) is 48.5 Å². The maximum absolute atomic E-state index is 13.0. The number of hydrogen-bond donors (Lipinski definition) is 3. The summed E-state index contributed by atoms with van der Waals surface area (Å²) >= 11 is 0. The molecule has 0 bridgehead atoms. The fourth-order valence-corrected chi connectivity index (χ4v) is 5.32. The van der Waals surface area contributed by atoms with Crippen molar-refractivity contribution in [1.29, 1.82) is 0 Å². The van der Waals surface area contributed by atoms with E-state index in [4.69, 9.17) is 14.6 Å². The van der Waals surface area contributed by atoms with Crippen LogP contribution >= 0.6 is 0 Å². The number of ether oxygens (including phenoxy) is 2. The van der Waals surface area contributed by atoms with Crippen molar-refractivity contribution >= 4 is 18.0 Å². The average Bonchev–Trinajstić information content (AvgIpc) is 3.39. The van der Waals surface area contributed by atoms with Crippen LogP contribution in [-0.4, -0.2) is 54.5 Å². The lowest BCUT2D eigenvalue weighted by molar-refractivity contribution is -0.139. The number of amides is 2. The van der Waals surface area contributed by atoms with Gasteiger partial charge in [-0.05, 0) is 41.0 Å². The Morgan fingerprint density at radius 1 is 1.03 bits per heavy atom. The van der Waals surface area contributed by atoms with Crippen molar-refractivity contribution in [3.05, 3.63) is 59.7 Å². The topological polar surface area (TPSA) is 114 Å². The second kappa shape index (κ2) is 9.10. The number of carboxylic acid groups (broad SMARTS) is 1. The van der Waals surface area contributed by atoms with Crippen LogP contribution in [0.2, 0.25) is 0 Å². The molecule has 5 rings (SSSR count). The van der Waals surface area contributed by atoms with Gasteiger partial charge in [-0.25, -0.2) is 4.79 Å². The predicted octanol–water partition coefficient (Wildman–Crippen LogP) is 3.05. The molecule has 1 unspecified atom stereocenters. The summed E-state index contributed by atoms with van der Waals surface area (Å²) in [4.78, 5) is 36.7. The largest absolute Gasteiger partial charge is 0.481 e. The highest BCUT2D eigenvalue weighted by Gasteiger charge is 2.46. The Labute approximate surface area is 197 Å². The number of carbonyl (C=O) groups is 3. The Morgan fingerprint density at radius 2 is 1.68 bits per heavy atom. The lowest BCUT2D eigenvalue weighted by atomic mass is 9.78. The molecule has 1 atom stereocenters. The molecule has 2 aliphatic carbocycles. The quantitative estimate of drug-likeness (QED) is 0.580. The van der Waals surface area contributed by atoms with Crippen molar-refractivity contribution in [2.75, 3.05) is 19.8 Å². The molecule has 2 aromatic rings. The molecule has 8 nitrogen and oxygen atoms in total. The van der Waals surface area contributed by atoms with Gasteiger partial charge in [0, 0.05) is 31.4 Å². The number of hydrogen-bond acceptors (Lipinski definition) is 5. The van der Waals surface area contributed by atoms with Crippen LogP contribution in [0.3, 0.4) is 0 Å². The van der Waals surface area contributed by atoms with Crippen molar-refractivity contribution in [2.24, 2.45) is 5.92 Å². The van der Waals surface area contributed by atoms with Gasteiger partial charge >= 0.3 is 12.1 Å². The van der Waals surface area contributed by atoms with E-state index >= 15 is 0 Å². The lowest BCUT2D eigenvalue weighted by Gasteiger charge is -2.37. The molecule has 0 spiro atoms. The Kier molecular flexibility index (Phi) is 6.00. The molecular weight excluding hydrogens is 436 g/mol. The highest BCUT2D eigenvalue weighted by Crippen LogP contribution is 2.44. The number of rotatable bonds is 7. The molecule has 34 heavy (non-hydrogen) atoms. The number of nitrogens with one attached hydrogen (secondary N) is 2. The minimum absolute atomic E-state index is 0.0658. The van der Waals surface area contributed by atoms with E-state index in [1.165, 1.54) is 0 Å². The highest BCUT2D eigenvalue weighted by molar-refractivity contribution is 5.91. The third-order valence-corrected chi connectivity index (χ3v) is 7.18. The van der Waals surface area contributed by atoms with Crippen molar-refractivity contribution in [3.8, 4) is 11.1 Å². The molecule has 1 saturated heterocycles. The lowest BCUT2D eigenvalue weighted by Crippen LogP contribution is -2.62. The van der Waals surface area contributed by atoms with Crippen molar-refractivity contribution < 1.29 is 29.0 Å². The number of fused-ring (bicyclic) bond motifs is 3. The molecule has 2 amide bonds. The Bertz CT molecular complexity index is 1060. The minimum Gasteiger partial charge on any atom is -0.481 e. The average molecular weight is 465 g/mol. The van der Waals surface area contributed by atoms with Gasteiger partial charge in [0.05, 0.1) is 6.61 Å². The molecule has 8 heteroatoms. The Morgan fingerprint density at radius 3 is 2.26 bits per heavy atom. The van der Waals surface area contributed by atoms with E-state index < -0.39 is 17.6 Å². The standard InChI is InChI=1S/C26H28N2O6/c29-23(30)13-16-11-17(12-16)27-24(31)26(9-10-33-15-26)28-25(32)34-14-22-20-7-3-1-5-18(20)19-6-2-4-8-21(19)22/h1-8,16-17,22H,9-15H2,(H,27,31)(H,28,32)(H,29,30). The second-order valence-electron chi connectivity index (χ2n) is 9.44. The zero-order valence-corrected chi connectivity index (χ0v) is 18.8. The van der Waals surface area contributed by atoms with Crippen molar-refractivity contribution in [3.63, 3.8) is 0 Å². The zero-order chi connectivity index (χ0) is 23.7. The second-order valence-corrected chi connectivity index (χ2v) is 9.44. The van der Waals surface area contributed by atoms with Crippen LogP contribution in [0, 0.1) is 5.92 Å². The molecular formula is C26H28N2O6. The van der Waals surface area contributed by atoms with Crippen LogP contribution in [-0.2, 0) is 19.1 Å². The molecule has 2 fully saturated rings. The van der Waals surface area contributed by atoms with Crippen LogP contribution in [0.1, 0.15) is 42.7 Å². The van der Waals surface area contributed by atoms with E-state index in [9.17, 15) is 14.4 Å². The Balaban J connectivity index is 1.20. The first-order valence-electron chi connectivity index (χ1n) is 11.7. The van der Waals surface area contributed by atoms with E-state index in [0.717, 1.165) is 22.3 Å². The summed E-state index contributed by atoms with van der Waals surface area (Å²) in [6, 6.07) is 16.1. The van der Waals surface area contributed by atoms with E-state index in [1.807, 2.05) is 24.3 Å². The molecule has 1 aliphatic heterocycles. The SMILES string of the molecule is O=C(O)CC1CC(NC(=O)C2(NC(=O)OCC3c4ccccc4-c4ccccc43)CCOC2)C1. The van der Waals surface area contributed by atoms with Crippen LogP contribution in [0.15, 0.2) is 48.5 Å². The number of carbonyl (C=O) groups excluding carboxylic acids is 2. The van der Waals surface area contributed by atoms with Gasteiger partial charge in [-0.15, -0.1) is 0 Å². The van der Waals surface area contributed by atoms with Crippen LogP contribution in [0.25, 0.3) is 11.1 Å². The maximum Gasteiger partial charge on any atom is 0.408 e. The minimum atomic E-state index is -1.18. The van der Waals surface area contributed by atoms with Crippen LogP contribution in [0.5, 0.6) is 0 Å². The summed E-state index contributed by atoms with van der Waals surface area (Å²) in [5.41, 5.74) is 3.35. The van der Waals surface area contributed by atoms with Gasteiger partial charge in [-0.2, -0.15) is 0 Å². The summed E-state index contributed by atoms with van der Waals surface area (Å²) in [6.45, 7) is 0.607. The summed E-state index contributed by atoms with van der Waals surface area (Å²) in [6.07, 6.45) is 1.06. The fourth-order valence-electron chi connectivity index (χ4n) is 5.32. The monoisotopic (exact) mass is 464 g/mol. The molecule has 1 saturated carbocycles. The molecule has 1 heterocycles. The molecule has 3 N–H and O–H groups in total. The maximum atomic E-state index is 13.0. The molecule has 0 aromatic heterocycles. The molecule has 3 aliphatic rings. The van der Waals surface area contributed by atoms with Gasteiger partial charge in [0.25, 0.3) is 0 Å². The zero-order valence-electron chi connectivity index (χ0n) is 18.8. The van der Waals surface area contributed by atoms with Crippen molar-refractivity contribution in [2.45, 2.75) is 43.2 Å². The van der Waals surface area contributed by atoms with E-state index in [2.05, 4.69) is 34.9 Å². The van der Waals surface area contributed by atoms with E-state index in [1.54, 1.807) is 0 Å². The van der Waals surface area contributed by atoms with Crippen molar-refractivity contribution in [1.82, 2.24) is 10.6 Å². The number of carboxylic acids is 1. The fraction of sp³-hybridized carbons (Fsp3) is 0.423. The van der Waals surface area contributed by atoms with E-state index in [-0.39, 0.29) is 43.4 Å². The molecule has 2 aromatic carbocycles. The van der Waals surface area contributed by atoms with Gasteiger partial charge in [0.2, 0.25) is 5.91 Å². The highest BCUT2D eigenvalue weighted by atomic mass is 16.6. The third kappa shape index (κ3) is 4.25. The molecule has 178 valence electrons. The summed E-state index contributed by atoms with van der Waals surface area (Å²) in [7, 11) is 0. The first-order chi connectivity index (χ1) is 16.4. The molecule has 0 radical (unpaired) electrons. The third-order valence-electron chi connectivity index (χ3n) is 7.18. The summed E-state index contributed by atoms with van der Waals surface area (Å²) in [5, 5.41) is 14.6. The van der Waals surface area contributed by atoms with Crippen LogP contribution < -0.4 is 10.6 Å². The van der Waals surface area contributed by atoms with E-state index in [0.29, 0.717) is 25.9 Å². The number of aliphatic carboxylic acids is 1. The summed E-state index contributed by atoms with van der Waals surface area (Å²) in [5.74, 6) is -1.12. The summed E-state index contributed by atoms with van der Waals surface area (Å²) < 4.78 is 11.1. The normalized spacial score (nSPS) is 25.1.